The van der Waals surface area contributed by atoms with Crippen molar-refractivity contribution in [1.29, 1.82) is 0 Å². The van der Waals surface area contributed by atoms with Crippen LogP contribution in [0.3, 0.4) is 0 Å². The van der Waals surface area contributed by atoms with Crippen LogP contribution in [0.4, 0.5) is 11.4 Å². The van der Waals surface area contributed by atoms with Crippen molar-refractivity contribution in [1.82, 2.24) is 0 Å². The largest absolute Gasteiger partial charge is 0.507 e. The van der Waals surface area contributed by atoms with Crippen LogP contribution < -0.4 is 4.90 Å². The fourth-order valence-electron chi connectivity index (χ4n) is 8.84. The molecule has 0 saturated heterocycles. The third-order valence-electron chi connectivity index (χ3n) is 10.7. The first kappa shape index (κ1) is 40.5. The molecule has 0 heterocycles. The molecule has 0 aliphatic heterocycles. The Labute approximate surface area is 344 Å². The van der Waals surface area contributed by atoms with Crippen molar-refractivity contribution in [2.75, 3.05) is 11.9 Å². The fraction of sp³-hybridized carbons (Fsp3) is 0.283. The average Bonchev–Trinajstić information content (AvgIpc) is 3.11. The summed E-state index contributed by atoms with van der Waals surface area (Å²) in [5.74, 6) is 2.90. The van der Waals surface area contributed by atoms with Gasteiger partial charge in [-0.05, 0) is 92.9 Å². The zero-order valence-electron chi connectivity index (χ0n) is 30.6. The molecule has 0 amide bonds. The van der Waals surface area contributed by atoms with Crippen molar-refractivity contribution in [2.45, 2.75) is 57.4 Å². The molecule has 4 bridgehead atoms. The summed E-state index contributed by atoms with van der Waals surface area (Å²) in [4.78, 5) is 6.78. The van der Waals surface area contributed by atoms with Crippen molar-refractivity contribution in [3.63, 3.8) is 0 Å². The maximum atomic E-state index is 11.7. The van der Waals surface area contributed by atoms with Gasteiger partial charge in [-0.15, -0.1) is 24.3 Å². The van der Waals surface area contributed by atoms with Crippen LogP contribution >= 0.6 is 23.2 Å². The van der Waals surface area contributed by atoms with Crippen LogP contribution in [0.25, 0.3) is 0 Å². The van der Waals surface area contributed by atoms with Crippen molar-refractivity contribution < 1.29 is 36.1 Å². The van der Waals surface area contributed by atoms with E-state index in [0.29, 0.717) is 22.9 Å². The van der Waals surface area contributed by atoms with Crippen molar-refractivity contribution in [3.8, 4) is 11.5 Å². The van der Waals surface area contributed by atoms with Gasteiger partial charge in [-0.3, -0.25) is 4.99 Å². The van der Waals surface area contributed by atoms with Crippen molar-refractivity contribution >= 4 is 40.8 Å². The number of para-hydroxylation sites is 2. The summed E-state index contributed by atoms with van der Waals surface area (Å²) in [7, 11) is 2.02. The van der Waals surface area contributed by atoms with E-state index in [1.165, 1.54) is 55.7 Å². The van der Waals surface area contributed by atoms with Crippen molar-refractivity contribution in [2.24, 2.45) is 22.7 Å². The summed E-state index contributed by atoms with van der Waals surface area (Å²) in [5, 5.41) is 22.6. The van der Waals surface area contributed by atoms with E-state index in [-0.39, 0.29) is 42.0 Å². The van der Waals surface area contributed by atoms with Crippen LogP contribution in [-0.2, 0) is 37.8 Å². The molecule has 4 fully saturated rings. The van der Waals surface area contributed by atoms with Crippen LogP contribution in [0, 0.1) is 38.5 Å². The summed E-state index contributed by atoms with van der Waals surface area (Å²) in [6, 6.07) is 35.1. The second-order valence-electron chi connectivity index (χ2n) is 14.9. The van der Waals surface area contributed by atoms with E-state index in [4.69, 9.17) is 23.2 Å². The Morgan fingerprint density at radius 1 is 0.755 bits per heavy atom. The summed E-state index contributed by atoms with van der Waals surface area (Å²) in [5.41, 5.74) is 7.75. The Hall–Kier alpha value is -3.64. The second kappa shape index (κ2) is 18.1. The van der Waals surface area contributed by atoms with E-state index in [9.17, 15) is 10.2 Å². The van der Waals surface area contributed by atoms with Gasteiger partial charge >= 0.3 is 0 Å². The number of aryl methyl sites for hydroxylation is 1. The number of rotatable bonds is 6. The Morgan fingerprint density at radius 3 is 1.81 bits per heavy atom. The van der Waals surface area contributed by atoms with Crippen LogP contribution in [0.15, 0.2) is 114 Å². The predicted molar refractivity (Wildman–Crippen MR) is 218 cm³/mol. The number of halogens is 2. The molecule has 4 aliphatic rings. The molecule has 5 aromatic carbocycles. The molecule has 4 saturated carbocycles. The molecule has 0 atom stereocenters. The molecule has 4 nitrogen and oxygen atoms in total. The van der Waals surface area contributed by atoms with Gasteiger partial charge in [-0.1, -0.05) is 65.2 Å². The summed E-state index contributed by atoms with van der Waals surface area (Å²) >= 11 is 12.2. The van der Waals surface area contributed by atoms with Gasteiger partial charge in [-0.2, -0.15) is 49.2 Å². The molecule has 7 heteroatoms. The Kier molecular flexibility index (Phi) is 13.9. The number of phenolic OH excluding ortho intramolecular Hbond substituents is 2. The molecule has 2 N–H and O–H groups in total. The number of nitrogens with zero attached hydrogens (tertiary/aromatic N) is 2. The smallest absolute Gasteiger partial charge is 0.143 e. The van der Waals surface area contributed by atoms with Gasteiger partial charge in [0.15, 0.2) is 0 Å². The maximum absolute atomic E-state index is 11.7. The van der Waals surface area contributed by atoms with E-state index in [2.05, 4.69) is 42.8 Å². The topological polar surface area (TPSA) is 56.1 Å². The molecule has 0 unspecified atom stereocenters. The number of hydrogen-bond donors (Lipinski definition) is 2. The zero-order chi connectivity index (χ0) is 36.8. The molecule has 0 aromatic heterocycles. The summed E-state index contributed by atoms with van der Waals surface area (Å²) < 4.78 is 0. The molecular weight excluding hydrogens is 862 g/mol. The van der Waals surface area contributed by atoms with Gasteiger partial charge in [0, 0.05) is 67.4 Å². The van der Waals surface area contributed by atoms with Crippen molar-refractivity contribution in [3.05, 3.63) is 166 Å². The first-order valence-electron chi connectivity index (χ1n) is 18.1. The molecule has 274 valence electrons. The number of hydrogen-bond acceptors (Lipinski definition) is 4. The first-order chi connectivity index (χ1) is 25.0. The van der Waals surface area contributed by atoms with Gasteiger partial charge in [0.2, 0.25) is 0 Å². The van der Waals surface area contributed by atoms with Gasteiger partial charge in [0.25, 0.3) is 0 Å². The molecule has 9 rings (SSSR count). The number of anilines is 1. The minimum absolute atomic E-state index is 0. The third-order valence-corrected chi connectivity index (χ3v) is 11.2. The molecule has 53 heavy (non-hydrogen) atoms. The SMILES string of the molecule is Cc1cc(CN(C)c2ccccc2N=Cc2cc(Cl)cc(Cl)c2O)c(O)c(C23CC4CC(CC(C4)C2)C3)c1.[CH2-]c1ccccc1.[CH2-]c1ccccc1.[Hf]. The van der Waals surface area contributed by atoms with E-state index in [0.717, 1.165) is 45.8 Å². The quantitative estimate of drug-likeness (QED) is 0.101. The molecule has 4 aliphatic carbocycles. The fourth-order valence-corrected chi connectivity index (χ4v) is 9.34. The maximum Gasteiger partial charge on any atom is 0.143 e. The van der Waals surface area contributed by atoms with E-state index in [1.54, 1.807) is 12.3 Å². The van der Waals surface area contributed by atoms with E-state index < -0.39 is 0 Å². The van der Waals surface area contributed by atoms with Gasteiger partial charge in [0.05, 0.1) is 16.4 Å². The molecular formula is C46H48Cl2HfN2O2-2. The van der Waals surface area contributed by atoms with Gasteiger partial charge in [-0.25, -0.2) is 0 Å². The van der Waals surface area contributed by atoms with Gasteiger partial charge in [0.1, 0.15) is 11.5 Å². The normalized spacial score (nSPS) is 20.8. The minimum Gasteiger partial charge on any atom is -0.507 e. The van der Waals surface area contributed by atoms with Crippen LogP contribution in [0.5, 0.6) is 11.5 Å². The number of benzene rings is 5. The molecule has 5 aromatic rings. The number of aliphatic imine (C=N–C) groups is 1. The summed E-state index contributed by atoms with van der Waals surface area (Å²) in [6.07, 6.45) is 9.42. The first-order valence-corrected chi connectivity index (χ1v) is 18.8. The third kappa shape index (κ3) is 10.1. The standard InChI is InChI=1S/C32H34Cl2N2O2.2C7H7.Hf/c1-19-7-24(30(37)26(8-19)32-14-20-9-21(15-32)11-22(10-20)16-32)18-36(2)29-6-4-3-5-28(29)35-17-23-12-25(33)13-27(34)31(23)38;2*1-7-5-3-2-4-6-7;/h3-8,12-13,17,20-22,37-38H,9-11,14-16,18H2,1-2H3;2*2-6H,1H2;/q;2*-1;. The predicted octanol–water partition coefficient (Wildman–Crippen LogP) is 12.3. The molecule has 0 radical (unpaired) electrons. The number of phenols is 2. The Bertz CT molecular complexity index is 1930. The van der Waals surface area contributed by atoms with E-state index >= 15 is 0 Å². The second-order valence-corrected chi connectivity index (χ2v) is 15.8. The zero-order valence-corrected chi connectivity index (χ0v) is 35.7. The minimum atomic E-state index is -0.0486. The van der Waals surface area contributed by atoms with Crippen LogP contribution in [0.2, 0.25) is 10.0 Å². The monoisotopic (exact) mass is 910 g/mol. The summed E-state index contributed by atoms with van der Waals surface area (Å²) in [6.45, 7) is 10.2. The van der Waals surface area contributed by atoms with Crippen LogP contribution in [-0.4, -0.2) is 23.5 Å². The van der Waals surface area contributed by atoms with E-state index in [1.807, 2.05) is 92.0 Å². The van der Waals surface area contributed by atoms with Gasteiger partial charge < -0.3 is 15.1 Å². The number of aromatic hydroxyl groups is 2. The van der Waals surface area contributed by atoms with Crippen LogP contribution in [0.1, 0.15) is 71.9 Å². The Morgan fingerprint density at radius 2 is 1.28 bits per heavy atom. The molecule has 0 spiro atoms. The Balaban J connectivity index is 0.000000301. The average molecular weight is 910 g/mol.